The molecule has 1 N–H and O–H groups in total. The molecule has 6 heteroatoms. The van der Waals surface area contributed by atoms with E-state index in [-0.39, 0.29) is 5.25 Å². The first-order chi connectivity index (χ1) is 12.8. The largest absolute Gasteiger partial charge is 0.360 e. The van der Waals surface area contributed by atoms with Crippen LogP contribution in [0.1, 0.15) is 28.9 Å². The van der Waals surface area contributed by atoms with E-state index < -0.39 is 0 Å². The van der Waals surface area contributed by atoms with Gasteiger partial charge in [0.05, 0.1) is 11.0 Å². The Morgan fingerprint density at radius 1 is 1.12 bits per heavy atom. The number of H-pyrrole nitrogens is 1. The van der Waals surface area contributed by atoms with E-state index in [1.54, 1.807) is 22.8 Å². The van der Waals surface area contributed by atoms with Gasteiger partial charge >= 0.3 is 0 Å². The third kappa shape index (κ3) is 2.37. The van der Waals surface area contributed by atoms with Gasteiger partial charge in [0, 0.05) is 22.7 Å². The third-order valence-electron chi connectivity index (χ3n) is 4.75. The molecule has 0 saturated heterocycles. The highest BCUT2D eigenvalue weighted by Gasteiger charge is 2.29. The summed E-state index contributed by atoms with van der Waals surface area (Å²) in [6, 6.07) is 16.9. The SMILES string of the molecule is CCc1cccc2c(C3=Nn4cnnc4SC3c3ccccc3)c[nH]c12. The van der Waals surface area contributed by atoms with Crippen molar-refractivity contribution in [3.63, 3.8) is 0 Å². The van der Waals surface area contributed by atoms with Gasteiger partial charge in [-0.1, -0.05) is 67.2 Å². The topological polar surface area (TPSA) is 58.9 Å². The highest BCUT2D eigenvalue weighted by molar-refractivity contribution is 8.00. The summed E-state index contributed by atoms with van der Waals surface area (Å²) < 4.78 is 1.77. The molecule has 0 amide bonds. The second kappa shape index (κ2) is 6.14. The van der Waals surface area contributed by atoms with E-state index in [1.807, 2.05) is 6.07 Å². The molecule has 1 atom stereocenters. The normalized spacial score (nSPS) is 16.5. The fourth-order valence-corrected chi connectivity index (χ4v) is 4.55. The Hall–Kier alpha value is -2.86. The standard InChI is InChI=1S/C20H17N5S/c1-2-13-9-6-10-15-16(11-21-17(13)15)18-19(14-7-4-3-5-8-14)26-20-23-22-12-25(20)24-18/h3-12,19,21H,2H2,1H3. The van der Waals surface area contributed by atoms with Gasteiger partial charge in [0.25, 0.3) is 0 Å². The maximum absolute atomic E-state index is 4.88. The van der Waals surface area contributed by atoms with Crippen LogP contribution >= 0.6 is 11.8 Å². The predicted molar refractivity (Wildman–Crippen MR) is 105 cm³/mol. The van der Waals surface area contributed by atoms with Crippen LogP contribution in [0.4, 0.5) is 0 Å². The predicted octanol–water partition coefficient (Wildman–Crippen LogP) is 4.42. The van der Waals surface area contributed by atoms with Crippen LogP contribution in [0, 0.1) is 0 Å². The molecule has 0 spiro atoms. The molecule has 3 heterocycles. The second-order valence-electron chi connectivity index (χ2n) is 6.25. The summed E-state index contributed by atoms with van der Waals surface area (Å²) in [6.07, 6.45) is 4.74. The van der Waals surface area contributed by atoms with Crippen LogP contribution in [-0.2, 0) is 6.42 Å². The van der Waals surface area contributed by atoms with Crippen LogP contribution in [0.5, 0.6) is 0 Å². The van der Waals surface area contributed by atoms with E-state index in [9.17, 15) is 0 Å². The quantitative estimate of drug-likeness (QED) is 0.589. The monoisotopic (exact) mass is 359 g/mol. The second-order valence-corrected chi connectivity index (χ2v) is 7.32. The molecule has 1 unspecified atom stereocenters. The van der Waals surface area contributed by atoms with E-state index in [0.717, 1.165) is 22.9 Å². The molecule has 1 aliphatic rings. The van der Waals surface area contributed by atoms with Gasteiger partial charge in [0.1, 0.15) is 6.33 Å². The molecule has 26 heavy (non-hydrogen) atoms. The van der Waals surface area contributed by atoms with Gasteiger partial charge in [0.15, 0.2) is 0 Å². The zero-order valence-electron chi connectivity index (χ0n) is 14.3. The van der Waals surface area contributed by atoms with Crippen molar-refractivity contribution < 1.29 is 0 Å². The Bertz CT molecular complexity index is 1110. The van der Waals surface area contributed by atoms with Crippen molar-refractivity contribution in [2.24, 2.45) is 5.10 Å². The molecule has 0 aliphatic carbocycles. The molecule has 0 radical (unpaired) electrons. The first-order valence-electron chi connectivity index (χ1n) is 8.65. The van der Waals surface area contributed by atoms with E-state index in [4.69, 9.17) is 5.10 Å². The number of aryl methyl sites for hydroxylation is 1. The fraction of sp³-hybridized carbons (Fsp3) is 0.150. The Kier molecular flexibility index (Phi) is 3.64. The average Bonchev–Trinajstić information content (AvgIpc) is 3.33. The number of hydrogen-bond donors (Lipinski definition) is 1. The summed E-state index contributed by atoms with van der Waals surface area (Å²) >= 11 is 1.69. The first kappa shape index (κ1) is 15.4. The highest BCUT2D eigenvalue weighted by atomic mass is 32.2. The van der Waals surface area contributed by atoms with Gasteiger partial charge < -0.3 is 4.98 Å². The molecule has 4 aromatic rings. The molecule has 0 bridgehead atoms. The van der Waals surface area contributed by atoms with Crippen molar-refractivity contribution in [2.45, 2.75) is 23.8 Å². The van der Waals surface area contributed by atoms with Crippen LogP contribution in [0.25, 0.3) is 10.9 Å². The minimum Gasteiger partial charge on any atom is -0.360 e. The Morgan fingerprint density at radius 3 is 2.85 bits per heavy atom. The molecule has 1 aliphatic heterocycles. The summed E-state index contributed by atoms with van der Waals surface area (Å²) in [5, 5.41) is 15.2. The molecule has 128 valence electrons. The summed E-state index contributed by atoms with van der Waals surface area (Å²) in [5.41, 5.74) is 5.88. The minimum absolute atomic E-state index is 0.0807. The highest BCUT2D eigenvalue weighted by Crippen LogP contribution is 2.41. The number of rotatable bonds is 3. The van der Waals surface area contributed by atoms with E-state index in [2.05, 4.69) is 70.8 Å². The summed E-state index contributed by atoms with van der Waals surface area (Å²) in [7, 11) is 0. The number of hydrogen-bond acceptors (Lipinski definition) is 4. The first-order valence-corrected chi connectivity index (χ1v) is 9.53. The van der Waals surface area contributed by atoms with Gasteiger partial charge in [-0.25, -0.2) is 0 Å². The average molecular weight is 359 g/mol. The maximum atomic E-state index is 4.88. The van der Waals surface area contributed by atoms with Gasteiger partial charge in [-0.15, -0.1) is 10.2 Å². The number of nitrogens with zero attached hydrogens (tertiary/aromatic N) is 4. The Balaban J connectivity index is 1.72. The zero-order valence-corrected chi connectivity index (χ0v) is 15.1. The number of aromatic amines is 1. The number of thioether (sulfide) groups is 1. The Labute approximate surface area is 155 Å². The number of nitrogens with one attached hydrogen (secondary N) is 1. The van der Waals surface area contributed by atoms with Gasteiger partial charge in [-0.2, -0.15) is 9.78 Å². The number of benzene rings is 2. The molecule has 2 aromatic heterocycles. The van der Waals surface area contributed by atoms with Crippen molar-refractivity contribution in [3.05, 3.63) is 77.7 Å². The smallest absolute Gasteiger partial charge is 0.212 e. The van der Waals surface area contributed by atoms with Crippen molar-refractivity contribution in [2.75, 3.05) is 0 Å². The van der Waals surface area contributed by atoms with Crippen molar-refractivity contribution >= 4 is 28.4 Å². The summed E-state index contributed by atoms with van der Waals surface area (Å²) in [5.74, 6) is 0. The van der Waals surface area contributed by atoms with Crippen LogP contribution in [0.15, 0.2) is 71.3 Å². The maximum Gasteiger partial charge on any atom is 0.212 e. The summed E-state index contributed by atoms with van der Waals surface area (Å²) in [4.78, 5) is 3.46. The van der Waals surface area contributed by atoms with Gasteiger partial charge in [-0.3, -0.25) is 0 Å². The van der Waals surface area contributed by atoms with E-state index in [0.29, 0.717) is 0 Å². The molecule has 5 rings (SSSR count). The third-order valence-corrected chi connectivity index (χ3v) is 5.96. The lowest BCUT2D eigenvalue weighted by molar-refractivity contribution is 0.748. The lowest BCUT2D eigenvalue weighted by Crippen LogP contribution is -2.17. The van der Waals surface area contributed by atoms with Gasteiger partial charge in [0.2, 0.25) is 5.16 Å². The number of aromatic nitrogens is 4. The van der Waals surface area contributed by atoms with Crippen molar-refractivity contribution in [3.8, 4) is 0 Å². The fourth-order valence-electron chi connectivity index (χ4n) is 3.47. The van der Waals surface area contributed by atoms with Crippen LogP contribution in [-0.4, -0.2) is 25.6 Å². The molecule has 0 fully saturated rings. The van der Waals surface area contributed by atoms with Crippen LogP contribution in [0.3, 0.4) is 0 Å². The van der Waals surface area contributed by atoms with Crippen molar-refractivity contribution in [1.82, 2.24) is 19.9 Å². The minimum atomic E-state index is 0.0807. The molecular weight excluding hydrogens is 342 g/mol. The van der Waals surface area contributed by atoms with Crippen molar-refractivity contribution in [1.29, 1.82) is 0 Å². The molecular formula is C20H17N5S. The zero-order chi connectivity index (χ0) is 17.5. The summed E-state index contributed by atoms with van der Waals surface area (Å²) in [6.45, 7) is 2.18. The lowest BCUT2D eigenvalue weighted by Gasteiger charge is -2.22. The van der Waals surface area contributed by atoms with E-state index >= 15 is 0 Å². The molecule has 5 nitrogen and oxygen atoms in total. The Morgan fingerprint density at radius 2 is 2.00 bits per heavy atom. The van der Waals surface area contributed by atoms with Gasteiger partial charge in [-0.05, 0) is 17.5 Å². The van der Waals surface area contributed by atoms with Crippen LogP contribution in [0.2, 0.25) is 0 Å². The number of fused-ring (bicyclic) bond motifs is 2. The molecule has 2 aromatic carbocycles. The number of para-hydroxylation sites is 1. The van der Waals surface area contributed by atoms with E-state index in [1.165, 1.54) is 22.0 Å². The van der Waals surface area contributed by atoms with Crippen LogP contribution < -0.4 is 0 Å². The molecule has 0 saturated carbocycles. The lowest BCUT2D eigenvalue weighted by atomic mass is 9.99.